The second-order valence-electron chi connectivity index (χ2n) is 5.73. The fourth-order valence-electron chi connectivity index (χ4n) is 2.70. The number of sulfonamides is 1. The van der Waals surface area contributed by atoms with E-state index in [1.54, 1.807) is 0 Å². The molecule has 1 aromatic rings. The van der Waals surface area contributed by atoms with Crippen LogP contribution in [0.1, 0.15) is 39.0 Å². The molecule has 1 aromatic carbocycles. The molecule has 0 spiro atoms. The van der Waals surface area contributed by atoms with Gasteiger partial charge in [0.1, 0.15) is 11.9 Å². The van der Waals surface area contributed by atoms with Gasteiger partial charge in [-0.05, 0) is 43.5 Å². The van der Waals surface area contributed by atoms with Gasteiger partial charge in [-0.3, -0.25) is 4.79 Å². The Bertz CT molecular complexity index is 631. The van der Waals surface area contributed by atoms with Crippen molar-refractivity contribution in [3.63, 3.8) is 0 Å². The number of nitrogens with zero attached hydrogens (tertiary/aromatic N) is 1. The van der Waals surface area contributed by atoms with Crippen molar-refractivity contribution in [2.24, 2.45) is 0 Å². The summed E-state index contributed by atoms with van der Waals surface area (Å²) in [5, 5.41) is 2.81. The van der Waals surface area contributed by atoms with Crippen molar-refractivity contribution in [3.05, 3.63) is 30.1 Å². The molecule has 128 valence electrons. The van der Waals surface area contributed by atoms with Gasteiger partial charge >= 0.3 is 0 Å². The van der Waals surface area contributed by atoms with Crippen LogP contribution in [0.2, 0.25) is 0 Å². The first kappa shape index (κ1) is 17.9. The molecule has 1 heterocycles. The lowest BCUT2D eigenvalue weighted by Gasteiger charge is -2.33. The normalized spacial score (nSPS) is 19.5. The summed E-state index contributed by atoms with van der Waals surface area (Å²) < 4.78 is 39.8. The molecule has 0 saturated carbocycles. The Morgan fingerprint density at radius 2 is 2.00 bits per heavy atom. The van der Waals surface area contributed by atoms with Gasteiger partial charge in [-0.25, -0.2) is 12.8 Å². The Balaban J connectivity index is 2.19. The summed E-state index contributed by atoms with van der Waals surface area (Å²) in [4.78, 5) is 12.4. The number of rotatable bonds is 6. The number of piperidine rings is 1. The fourth-order valence-corrected chi connectivity index (χ4v) is 4.36. The molecule has 0 bridgehead atoms. The second-order valence-corrected chi connectivity index (χ2v) is 7.62. The zero-order valence-electron chi connectivity index (χ0n) is 13.3. The fraction of sp³-hybridized carbons (Fsp3) is 0.562. The van der Waals surface area contributed by atoms with Crippen molar-refractivity contribution in [2.45, 2.75) is 50.0 Å². The Kier molecular flexibility index (Phi) is 6.12. The average Bonchev–Trinajstić information content (AvgIpc) is 2.55. The van der Waals surface area contributed by atoms with Gasteiger partial charge in [-0.1, -0.05) is 19.8 Å². The molecule has 7 heteroatoms. The second kappa shape index (κ2) is 7.88. The Morgan fingerprint density at radius 3 is 2.65 bits per heavy atom. The lowest BCUT2D eigenvalue weighted by molar-refractivity contribution is -0.125. The molecule has 2 rings (SSSR count). The van der Waals surface area contributed by atoms with Gasteiger partial charge in [-0.2, -0.15) is 4.31 Å². The molecule has 1 aliphatic heterocycles. The SMILES string of the molecule is CCCCNC(=O)[C@@H]1CCCCN1S(=O)(=O)c1ccc(F)cc1. The molecule has 0 aromatic heterocycles. The van der Waals surface area contributed by atoms with E-state index in [0.717, 1.165) is 37.8 Å². The largest absolute Gasteiger partial charge is 0.355 e. The number of amides is 1. The third-order valence-electron chi connectivity index (χ3n) is 4.01. The maximum atomic E-state index is 13.0. The molecule has 1 fully saturated rings. The van der Waals surface area contributed by atoms with Crippen LogP contribution in [0.5, 0.6) is 0 Å². The molecule has 1 saturated heterocycles. The van der Waals surface area contributed by atoms with Gasteiger partial charge in [0.25, 0.3) is 0 Å². The lowest BCUT2D eigenvalue weighted by Crippen LogP contribution is -2.51. The molecule has 0 radical (unpaired) electrons. The molecule has 1 atom stereocenters. The van der Waals surface area contributed by atoms with E-state index in [-0.39, 0.29) is 10.8 Å². The number of hydrogen-bond donors (Lipinski definition) is 1. The van der Waals surface area contributed by atoms with Crippen molar-refractivity contribution in [1.82, 2.24) is 9.62 Å². The van der Waals surface area contributed by atoms with Gasteiger partial charge < -0.3 is 5.32 Å². The van der Waals surface area contributed by atoms with E-state index >= 15 is 0 Å². The molecule has 1 aliphatic rings. The van der Waals surface area contributed by atoms with Crippen LogP contribution in [0.15, 0.2) is 29.2 Å². The van der Waals surface area contributed by atoms with Crippen LogP contribution in [0, 0.1) is 5.82 Å². The summed E-state index contributed by atoms with van der Waals surface area (Å²) in [5.41, 5.74) is 0. The molecule has 23 heavy (non-hydrogen) atoms. The predicted molar refractivity (Wildman–Crippen MR) is 85.8 cm³/mol. The predicted octanol–water partition coefficient (Wildman–Crippen LogP) is 2.29. The first-order valence-electron chi connectivity index (χ1n) is 8.02. The number of unbranched alkanes of at least 4 members (excludes halogenated alkanes) is 1. The minimum Gasteiger partial charge on any atom is -0.355 e. The third kappa shape index (κ3) is 4.29. The molecular formula is C16H23FN2O3S. The smallest absolute Gasteiger partial charge is 0.243 e. The highest BCUT2D eigenvalue weighted by molar-refractivity contribution is 7.89. The summed E-state index contributed by atoms with van der Waals surface area (Å²) in [5.74, 6) is -0.736. The van der Waals surface area contributed by atoms with Gasteiger partial charge in [0, 0.05) is 13.1 Å². The Hall–Kier alpha value is -1.47. The van der Waals surface area contributed by atoms with Crippen molar-refractivity contribution in [1.29, 1.82) is 0 Å². The third-order valence-corrected chi connectivity index (χ3v) is 5.93. The molecule has 0 unspecified atom stereocenters. The van der Waals surface area contributed by atoms with Crippen molar-refractivity contribution >= 4 is 15.9 Å². The van der Waals surface area contributed by atoms with E-state index in [1.807, 2.05) is 6.92 Å². The van der Waals surface area contributed by atoms with Crippen LogP contribution >= 0.6 is 0 Å². The minimum atomic E-state index is -3.80. The van der Waals surface area contributed by atoms with Crippen molar-refractivity contribution < 1.29 is 17.6 Å². The molecular weight excluding hydrogens is 319 g/mol. The van der Waals surface area contributed by atoms with Crippen molar-refractivity contribution in [2.75, 3.05) is 13.1 Å². The van der Waals surface area contributed by atoms with Gasteiger partial charge in [0.15, 0.2) is 0 Å². The summed E-state index contributed by atoms with van der Waals surface area (Å²) in [6.07, 6.45) is 3.88. The molecule has 5 nitrogen and oxygen atoms in total. The minimum absolute atomic E-state index is 0.0205. The molecule has 1 amide bonds. The van der Waals surface area contributed by atoms with Crippen LogP contribution in [0.4, 0.5) is 4.39 Å². The van der Waals surface area contributed by atoms with E-state index in [2.05, 4.69) is 5.32 Å². The van der Waals surface area contributed by atoms with Crippen LogP contribution in [-0.4, -0.2) is 37.8 Å². The Morgan fingerprint density at radius 1 is 1.30 bits per heavy atom. The number of nitrogens with one attached hydrogen (secondary N) is 1. The standard InChI is InChI=1S/C16H23FN2O3S/c1-2-3-11-18-16(20)15-6-4-5-12-19(15)23(21,22)14-9-7-13(17)8-10-14/h7-10,15H,2-6,11-12H2,1H3,(H,18,20)/t15-/m0/s1. The maximum absolute atomic E-state index is 13.0. The van der Waals surface area contributed by atoms with E-state index in [4.69, 9.17) is 0 Å². The highest BCUT2D eigenvalue weighted by atomic mass is 32.2. The van der Waals surface area contributed by atoms with Crippen LogP contribution < -0.4 is 5.32 Å². The van der Waals surface area contributed by atoms with E-state index < -0.39 is 21.9 Å². The highest BCUT2D eigenvalue weighted by Gasteiger charge is 2.37. The van der Waals surface area contributed by atoms with E-state index in [9.17, 15) is 17.6 Å². The monoisotopic (exact) mass is 342 g/mol. The zero-order chi connectivity index (χ0) is 16.9. The van der Waals surface area contributed by atoms with Crippen molar-refractivity contribution in [3.8, 4) is 0 Å². The highest BCUT2D eigenvalue weighted by Crippen LogP contribution is 2.25. The molecule has 1 N–H and O–H groups in total. The lowest BCUT2D eigenvalue weighted by atomic mass is 10.0. The number of benzene rings is 1. The number of hydrogen-bond acceptors (Lipinski definition) is 3. The van der Waals surface area contributed by atoms with E-state index in [0.29, 0.717) is 19.5 Å². The van der Waals surface area contributed by atoms with E-state index in [1.165, 1.54) is 16.4 Å². The zero-order valence-corrected chi connectivity index (χ0v) is 14.1. The summed E-state index contributed by atoms with van der Waals surface area (Å²) >= 11 is 0. The Labute approximate surface area is 136 Å². The number of carbonyl (C=O) groups is 1. The number of carbonyl (C=O) groups excluding carboxylic acids is 1. The summed E-state index contributed by atoms with van der Waals surface area (Å²) in [6.45, 7) is 2.89. The van der Waals surface area contributed by atoms with Gasteiger partial charge in [0.2, 0.25) is 15.9 Å². The van der Waals surface area contributed by atoms with Gasteiger partial charge in [0.05, 0.1) is 4.90 Å². The summed E-state index contributed by atoms with van der Waals surface area (Å²) in [6, 6.07) is 4.03. The first-order chi connectivity index (χ1) is 11.0. The topological polar surface area (TPSA) is 66.5 Å². The summed E-state index contributed by atoms with van der Waals surface area (Å²) in [7, 11) is -3.80. The van der Waals surface area contributed by atoms with Crippen LogP contribution in [0.25, 0.3) is 0 Å². The molecule has 0 aliphatic carbocycles. The van der Waals surface area contributed by atoms with Gasteiger partial charge in [-0.15, -0.1) is 0 Å². The quantitative estimate of drug-likeness (QED) is 0.807. The van der Waals surface area contributed by atoms with Crippen LogP contribution in [0.3, 0.4) is 0 Å². The van der Waals surface area contributed by atoms with Crippen LogP contribution in [-0.2, 0) is 14.8 Å². The number of halogens is 1. The average molecular weight is 342 g/mol. The first-order valence-corrected chi connectivity index (χ1v) is 9.46. The maximum Gasteiger partial charge on any atom is 0.243 e.